The molecule has 8 heteroatoms. The van der Waals surface area contributed by atoms with Gasteiger partial charge in [-0.15, -0.1) is 0 Å². The molecule has 0 aliphatic heterocycles. The highest BCUT2D eigenvalue weighted by atomic mass is 35.5. The summed E-state index contributed by atoms with van der Waals surface area (Å²) in [6.07, 6.45) is 0.508. The Kier molecular flexibility index (Phi) is 9.64. The van der Waals surface area contributed by atoms with Gasteiger partial charge in [0.25, 0.3) is 0 Å². The summed E-state index contributed by atoms with van der Waals surface area (Å²) in [6, 6.07) is 7.16. The maximum Gasteiger partial charge on any atom is 0.407 e. The van der Waals surface area contributed by atoms with Crippen LogP contribution in [0.3, 0.4) is 0 Å². The number of halogens is 1. The minimum Gasteiger partial charge on any atom is -0.444 e. The molecule has 0 aliphatic rings. The Labute approximate surface area is 165 Å². The van der Waals surface area contributed by atoms with Crippen LogP contribution in [0.2, 0.25) is 5.02 Å². The molecule has 0 saturated carbocycles. The summed E-state index contributed by atoms with van der Waals surface area (Å²) in [5.74, 6) is -0.263. The van der Waals surface area contributed by atoms with Crippen LogP contribution in [0.4, 0.5) is 4.79 Å². The highest BCUT2D eigenvalue weighted by Crippen LogP contribution is 2.10. The van der Waals surface area contributed by atoms with Gasteiger partial charge >= 0.3 is 6.09 Å². The molecule has 0 radical (unpaired) electrons. The number of carbonyl (C=O) groups is 3. The largest absolute Gasteiger partial charge is 0.444 e. The van der Waals surface area contributed by atoms with E-state index in [1.165, 1.54) is 0 Å². The van der Waals surface area contributed by atoms with Gasteiger partial charge in [-0.2, -0.15) is 0 Å². The number of rotatable bonds is 9. The molecule has 0 atom stereocenters. The lowest BCUT2D eigenvalue weighted by Crippen LogP contribution is -2.35. The molecule has 0 spiro atoms. The van der Waals surface area contributed by atoms with Crippen molar-refractivity contribution in [3.05, 3.63) is 34.9 Å². The first-order chi connectivity index (χ1) is 12.7. The van der Waals surface area contributed by atoms with E-state index >= 15 is 0 Å². The standard InChI is InChI=1S/C19H28ClN3O4/c1-19(2,3)27-18(26)23-11-8-16(24)21-9-5-10-22-17(25)13-14-6-4-7-15(20)12-14/h4,6-7,12H,5,8-11,13H2,1-3H3,(H,21,24)(H,22,25)(H,23,26). The predicted molar refractivity (Wildman–Crippen MR) is 105 cm³/mol. The summed E-state index contributed by atoms with van der Waals surface area (Å²) in [7, 11) is 0. The van der Waals surface area contributed by atoms with Gasteiger partial charge in [0.2, 0.25) is 11.8 Å². The zero-order valence-corrected chi connectivity index (χ0v) is 16.8. The summed E-state index contributed by atoms with van der Waals surface area (Å²) in [6.45, 7) is 6.43. The first kappa shape index (κ1) is 22.8. The normalized spacial score (nSPS) is 10.8. The first-order valence-corrected chi connectivity index (χ1v) is 9.28. The maximum absolute atomic E-state index is 11.8. The Balaban J connectivity index is 2.06. The fraction of sp³-hybridized carbons (Fsp3) is 0.526. The van der Waals surface area contributed by atoms with E-state index in [0.717, 1.165) is 5.56 Å². The van der Waals surface area contributed by atoms with E-state index in [4.69, 9.17) is 16.3 Å². The number of alkyl carbamates (subject to hydrolysis) is 1. The molecule has 0 bridgehead atoms. The van der Waals surface area contributed by atoms with Gasteiger partial charge in [0.05, 0.1) is 6.42 Å². The lowest BCUT2D eigenvalue weighted by Gasteiger charge is -2.19. The van der Waals surface area contributed by atoms with Crippen molar-refractivity contribution in [1.82, 2.24) is 16.0 Å². The highest BCUT2D eigenvalue weighted by molar-refractivity contribution is 6.30. The predicted octanol–water partition coefficient (Wildman–Crippen LogP) is 2.42. The Hall–Kier alpha value is -2.28. The Morgan fingerprint density at radius 3 is 2.30 bits per heavy atom. The van der Waals surface area contributed by atoms with E-state index in [2.05, 4.69) is 16.0 Å². The molecule has 0 fully saturated rings. The third kappa shape index (κ3) is 11.9. The van der Waals surface area contributed by atoms with Crippen LogP contribution in [-0.2, 0) is 20.7 Å². The number of nitrogens with one attached hydrogen (secondary N) is 3. The van der Waals surface area contributed by atoms with E-state index in [-0.39, 0.29) is 31.2 Å². The van der Waals surface area contributed by atoms with E-state index in [9.17, 15) is 14.4 Å². The smallest absolute Gasteiger partial charge is 0.407 e. The zero-order valence-electron chi connectivity index (χ0n) is 16.1. The Bertz CT molecular complexity index is 644. The number of ether oxygens (including phenoxy) is 1. The Morgan fingerprint density at radius 2 is 1.67 bits per heavy atom. The molecule has 1 aromatic carbocycles. The first-order valence-electron chi connectivity index (χ1n) is 8.90. The average Bonchev–Trinajstić information content (AvgIpc) is 2.52. The number of benzene rings is 1. The maximum atomic E-state index is 11.8. The van der Waals surface area contributed by atoms with E-state index in [1.807, 2.05) is 6.07 Å². The van der Waals surface area contributed by atoms with Crippen molar-refractivity contribution in [3.8, 4) is 0 Å². The Morgan fingerprint density at radius 1 is 1.00 bits per heavy atom. The number of hydrogen-bond acceptors (Lipinski definition) is 4. The molecule has 0 saturated heterocycles. The highest BCUT2D eigenvalue weighted by Gasteiger charge is 2.15. The topological polar surface area (TPSA) is 96.5 Å². The second-order valence-corrected chi connectivity index (χ2v) is 7.48. The SMILES string of the molecule is CC(C)(C)OC(=O)NCCC(=O)NCCCNC(=O)Cc1cccc(Cl)c1. The third-order valence-corrected chi connectivity index (χ3v) is 3.51. The van der Waals surface area contributed by atoms with Gasteiger partial charge in [0.15, 0.2) is 0 Å². The van der Waals surface area contributed by atoms with Crippen LogP contribution in [0.15, 0.2) is 24.3 Å². The second-order valence-electron chi connectivity index (χ2n) is 7.04. The van der Waals surface area contributed by atoms with Gasteiger partial charge < -0.3 is 20.7 Å². The van der Waals surface area contributed by atoms with Crippen molar-refractivity contribution < 1.29 is 19.1 Å². The minimum atomic E-state index is -0.566. The fourth-order valence-electron chi connectivity index (χ4n) is 2.12. The van der Waals surface area contributed by atoms with Gasteiger partial charge in [-0.05, 0) is 44.9 Å². The minimum absolute atomic E-state index is 0.0925. The molecule has 7 nitrogen and oxygen atoms in total. The molecule has 3 N–H and O–H groups in total. The van der Waals surface area contributed by atoms with Crippen LogP contribution in [-0.4, -0.2) is 43.1 Å². The van der Waals surface area contributed by atoms with Gasteiger partial charge in [-0.1, -0.05) is 23.7 Å². The zero-order chi connectivity index (χ0) is 20.3. The van der Waals surface area contributed by atoms with Crippen LogP contribution in [0.25, 0.3) is 0 Å². The molecular weight excluding hydrogens is 370 g/mol. The average molecular weight is 398 g/mol. The number of hydrogen-bond donors (Lipinski definition) is 3. The number of amides is 3. The van der Waals surface area contributed by atoms with Gasteiger partial charge in [0, 0.05) is 31.1 Å². The molecule has 150 valence electrons. The van der Waals surface area contributed by atoms with Crippen LogP contribution >= 0.6 is 11.6 Å². The summed E-state index contributed by atoms with van der Waals surface area (Å²) in [5.41, 5.74) is 0.287. The van der Waals surface area contributed by atoms with Gasteiger partial charge in [-0.3, -0.25) is 9.59 Å². The number of carbonyl (C=O) groups excluding carboxylic acids is 3. The van der Waals surface area contributed by atoms with E-state index in [0.29, 0.717) is 24.5 Å². The van der Waals surface area contributed by atoms with Crippen LogP contribution in [0.1, 0.15) is 39.2 Å². The second kappa shape index (κ2) is 11.4. The third-order valence-electron chi connectivity index (χ3n) is 3.27. The molecule has 3 amide bonds. The monoisotopic (exact) mass is 397 g/mol. The van der Waals surface area contributed by atoms with Gasteiger partial charge in [0.1, 0.15) is 5.60 Å². The molecule has 0 heterocycles. The molecule has 27 heavy (non-hydrogen) atoms. The van der Waals surface area contributed by atoms with Crippen LogP contribution in [0.5, 0.6) is 0 Å². The summed E-state index contributed by atoms with van der Waals surface area (Å²) < 4.78 is 5.07. The lowest BCUT2D eigenvalue weighted by atomic mass is 10.1. The molecular formula is C19H28ClN3O4. The van der Waals surface area contributed by atoms with Crippen molar-refractivity contribution in [2.45, 2.75) is 45.6 Å². The van der Waals surface area contributed by atoms with Crippen molar-refractivity contribution in [1.29, 1.82) is 0 Å². The van der Waals surface area contributed by atoms with E-state index in [1.54, 1.807) is 39.0 Å². The van der Waals surface area contributed by atoms with Crippen molar-refractivity contribution in [2.75, 3.05) is 19.6 Å². The molecule has 1 rings (SSSR count). The van der Waals surface area contributed by atoms with Crippen LogP contribution in [0, 0.1) is 0 Å². The fourth-order valence-corrected chi connectivity index (χ4v) is 2.33. The van der Waals surface area contributed by atoms with E-state index < -0.39 is 11.7 Å². The summed E-state index contributed by atoms with van der Waals surface area (Å²) in [5, 5.41) is 8.66. The van der Waals surface area contributed by atoms with Gasteiger partial charge in [-0.25, -0.2) is 4.79 Å². The molecule has 0 unspecified atom stereocenters. The lowest BCUT2D eigenvalue weighted by molar-refractivity contribution is -0.121. The molecule has 0 aromatic heterocycles. The van der Waals surface area contributed by atoms with Crippen molar-refractivity contribution in [2.24, 2.45) is 0 Å². The summed E-state index contributed by atoms with van der Waals surface area (Å²) in [4.78, 5) is 34.9. The van der Waals surface area contributed by atoms with Crippen LogP contribution < -0.4 is 16.0 Å². The summed E-state index contributed by atoms with van der Waals surface area (Å²) >= 11 is 5.88. The molecule has 1 aromatic rings. The van der Waals surface area contributed by atoms with Crippen molar-refractivity contribution >= 4 is 29.5 Å². The molecule has 0 aliphatic carbocycles. The van der Waals surface area contributed by atoms with Crippen molar-refractivity contribution in [3.63, 3.8) is 0 Å². The quantitative estimate of drug-likeness (QED) is 0.557.